The second-order valence-electron chi connectivity index (χ2n) is 6.89. The average Bonchev–Trinajstić information content (AvgIpc) is 3.04. The highest BCUT2D eigenvalue weighted by Gasteiger charge is 2.54. The topological polar surface area (TPSA) is 79.0 Å². The highest BCUT2D eigenvalue weighted by atomic mass is 35.5. The van der Waals surface area contributed by atoms with Gasteiger partial charge in [0.2, 0.25) is 0 Å². The van der Waals surface area contributed by atoms with Crippen LogP contribution in [0, 0.1) is 5.92 Å². The fraction of sp³-hybridized carbons (Fsp3) is 0.368. The molecule has 2 unspecified atom stereocenters. The Balaban J connectivity index is 1.67. The fourth-order valence-corrected chi connectivity index (χ4v) is 4.33. The van der Waals surface area contributed by atoms with Crippen LogP contribution in [0.2, 0.25) is 5.02 Å². The van der Waals surface area contributed by atoms with Crippen LogP contribution < -0.4 is 10.5 Å². The summed E-state index contributed by atoms with van der Waals surface area (Å²) in [6.45, 7) is 1.67. The number of hydrogen-bond donors (Lipinski definition) is 1. The number of nitrogens with zero attached hydrogens (tertiary/aromatic N) is 2. The summed E-state index contributed by atoms with van der Waals surface area (Å²) in [7, 11) is 0. The maximum Gasteiger partial charge on any atom is 0.283 e. The van der Waals surface area contributed by atoms with Crippen LogP contribution in [0.3, 0.4) is 0 Å². The normalized spacial score (nSPS) is 29.3. The Bertz CT molecular complexity index is 903. The molecule has 3 aliphatic heterocycles. The number of fused-ring (bicyclic) bond motifs is 4. The Morgan fingerprint density at radius 2 is 2.12 bits per heavy atom. The second-order valence-corrected chi connectivity index (χ2v) is 7.33. The van der Waals surface area contributed by atoms with Crippen LogP contribution in [-0.2, 0) is 15.0 Å². The van der Waals surface area contributed by atoms with Crippen molar-refractivity contribution < 1.29 is 14.2 Å². The Hall–Kier alpha value is -2.31. The summed E-state index contributed by atoms with van der Waals surface area (Å²) in [4.78, 5) is 8.91. The summed E-state index contributed by atoms with van der Waals surface area (Å²) in [5.41, 5.74) is 8.24. The van der Waals surface area contributed by atoms with Crippen molar-refractivity contribution >= 4 is 17.6 Å². The van der Waals surface area contributed by atoms with Crippen molar-refractivity contribution in [3.05, 3.63) is 47.2 Å². The number of hydrogen-bond acceptors (Lipinski definition) is 6. The highest BCUT2D eigenvalue weighted by Crippen LogP contribution is 2.50. The van der Waals surface area contributed by atoms with Gasteiger partial charge >= 0.3 is 0 Å². The van der Waals surface area contributed by atoms with Crippen LogP contribution in [-0.4, -0.2) is 36.9 Å². The lowest BCUT2D eigenvalue weighted by Crippen LogP contribution is -2.52. The third-order valence-electron chi connectivity index (χ3n) is 5.42. The lowest BCUT2D eigenvalue weighted by Gasteiger charge is -2.45. The zero-order valence-corrected chi connectivity index (χ0v) is 14.8. The summed E-state index contributed by atoms with van der Waals surface area (Å²) in [6, 6.07) is 8.20. The quantitative estimate of drug-likeness (QED) is 0.833. The molecule has 0 radical (unpaired) electrons. The van der Waals surface area contributed by atoms with E-state index in [0.29, 0.717) is 24.8 Å². The van der Waals surface area contributed by atoms with Gasteiger partial charge in [0.05, 0.1) is 24.2 Å². The van der Waals surface area contributed by atoms with Gasteiger partial charge in [-0.2, -0.15) is 0 Å². The molecule has 5 rings (SSSR count). The zero-order chi connectivity index (χ0) is 17.7. The summed E-state index contributed by atoms with van der Waals surface area (Å²) >= 11 is 6.11. The average molecular weight is 372 g/mol. The molecule has 6 nitrogen and oxygen atoms in total. The second kappa shape index (κ2) is 5.86. The smallest absolute Gasteiger partial charge is 0.283 e. The Kier molecular flexibility index (Phi) is 3.58. The van der Waals surface area contributed by atoms with Gasteiger partial charge in [-0.3, -0.25) is 4.98 Å². The van der Waals surface area contributed by atoms with E-state index in [1.54, 1.807) is 12.4 Å². The first-order valence-corrected chi connectivity index (χ1v) is 9.01. The van der Waals surface area contributed by atoms with E-state index in [0.717, 1.165) is 28.9 Å². The molecular weight excluding hydrogens is 354 g/mol. The van der Waals surface area contributed by atoms with Gasteiger partial charge in [0, 0.05) is 29.9 Å². The maximum absolute atomic E-state index is 6.29. The van der Waals surface area contributed by atoms with Crippen LogP contribution in [0.1, 0.15) is 12.0 Å². The summed E-state index contributed by atoms with van der Waals surface area (Å²) in [6.07, 6.45) is 4.29. The molecule has 134 valence electrons. The van der Waals surface area contributed by atoms with E-state index in [1.165, 1.54) is 0 Å². The van der Waals surface area contributed by atoms with E-state index in [4.69, 9.17) is 36.5 Å². The molecule has 7 heteroatoms. The molecule has 1 aromatic heterocycles. The number of nitrogens with two attached hydrogens (primary N) is 1. The number of aliphatic imine (C=N–C) groups is 1. The van der Waals surface area contributed by atoms with E-state index >= 15 is 0 Å². The third-order valence-corrected chi connectivity index (χ3v) is 5.63. The highest BCUT2D eigenvalue weighted by molar-refractivity contribution is 6.30. The number of pyridine rings is 1. The van der Waals surface area contributed by atoms with E-state index < -0.39 is 5.54 Å². The molecule has 1 aromatic carbocycles. The minimum Gasteiger partial charge on any atom is -0.489 e. The summed E-state index contributed by atoms with van der Waals surface area (Å²) in [5.74, 6) is 0.895. The van der Waals surface area contributed by atoms with Crippen LogP contribution in [0.4, 0.5) is 0 Å². The third kappa shape index (κ3) is 2.36. The van der Waals surface area contributed by atoms with Gasteiger partial charge in [0.1, 0.15) is 24.0 Å². The van der Waals surface area contributed by atoms with Gasteiger partial charge in [-0.15, -0.1) is 0 Å². The predicted octanol–water partition coefficient (Wildman–Crippen LogP) is 2.74. The van der Waals surface area contributed by atoms with Gasteiger partial charge in [0.15, 0.2) is 0 Å². The molecule has 0 amide bonds. The van der Waals surface area contributed by atoms with Crippen molar-refractivity contribution in [2.45, 2.75) is 18.1 Å². The molecule has 0 saturated carbocycles. The molecule has 0 aliphatic carbocycles. The maximum atomic E-state index is 6.29. The van der Waals surface area contributed by atoms with Crippen LogP contribution in [0.15, 0.2) is 41.7 Å². The Morgan fingerprint density at radius 1 is 1.19 bits per heavy atom. The van der Waals surface area contributed by atoms with Crippen molar-refractivity contribution in [1.29, 1.82) is 0 Å². The van der Waals surface area contributed by atoms with Crippen LogP contribution in [0.25, 0.3) is 11.1 Å². The molecule has 3 atom stereocenters. The van der Waals surface area contributed by atoms with Crippen molar-refractivity contribution in [3.63, 3.8) is 0 Å². The van der Waals surface area contributed by atoms with Crippen molar-refractivity contribution in [1.82, 2.24) is 4.98 Å². The minimum absolute atomic E-state index is 0.0492. The van der Waals surface area contributed by atoms with E-state index in [9.17, 15) is 0 Å². The van der Waals surface area contributed by atoms with Gasteiger partial charge in [0.25, 0.3) is 6.02 Å². The van der Waals surface area contributed by atoms with Gasteiger partial charge in [-0.05, 0) is 23.8 Å². The van der Waals surface area contributed by atoms with Crippen LogP contribution >= 0.6 is 11.6 Å². The molecule has 1 spiro atoms. The molecule has 0 bridgehead atoms. The number of halogens is 1. The zero-order valence-electron chi connectivity index (χ0n) is 14.0. The summed E-state index contributed by atoms with van der Waals surface area (Å²) in [5, 5.41) is 0.596. The first kappa shape index (κ1) is 15.9. The molecule has 1 fully saturated rings. The lowest BCUT2D eigenvalue weighted by atomic mass is 9.72. The monoisotopic (exact) mass is 371 g/mol. The molecule has 4 heterocycles. The van der Waals surface area contributed by atoms with Gasteiger partial charge in [-0.1, -0.05) is 17.7 Å². The Labute approximate surface area is 155 Å². The number of amidine groups is 1. The molecule has 26 heavy (non-hydrogen) atoms. The predicted molar refractivity (Wildman–Crippen MR) is 97.3 cm³/mol. The Morgan fingerprint density at radius 3 is 2.92 bits per heavy atom. The van der Waals surface area contributed by atoms with Crippen LogP contribution in [0.5, 0.6) is 5.75 Å². The first-order valence-electron chi connectivity index (χ1n) is 8.64. The van der Waals surface area contributed by atoms with Gasteiger partial charge in [-0.25, -0.2) is 4.99 Å². The summed E-state index contributed by atoms with van der Waals surface area (Å²) < 4.78 is 17.6. The molecular formula is C19H18ClN3O3. The molecule has 2 aromatic rings. The van der Waals surface area contributed by atoms with Gasteiger partial charge < -0.3 is 19.9 Å². The minimum atomic E-state index is -0.579. The lowest BCUT2D eigenvalue weighted by molar-refractivity contribution is -0.0726. The SMILES string of the molecule is NC1=N[C@]2(CO1)c1cc(-c3cncc(Cl)c3)ccc1OC1CCOCC12. The number of benzene rings is 1. The van der Waals surface area contributed by atoms with Crippen molar-refractivity contribution in [3.8, 4) is 16.9 Å². The number of rotatable bonds is 1. The number of aromatic nitrogens is 1. The van der Waals surface area contributed by atoms with Crippen molar-refractivity contribution in [2.75, 3.05) is 19.8 Å². The van der Waals surface area contributed by atoms with Crippen molar-refractivity contribution in [2.24, 2.45) is 16.6 Å². The fourth-order valence-electron chi connectivity index (χ4n) is 4.16. The van der Waals surface area contributed by atoms with E-state index in [1.807, 2.05) is 18.2 Å². The number of ether oxygens (including phenoxy) is 3. The molecule has 3 aliphatic rings. The molecule has 1 saturated heterocycles. The standard InChI is InChI=1S/C19H18ClN3O3/c20-13-5-12(7-22-8-13)11-1-2-16-14(6-11)19(10-25-18(21)23-19)15-9-24-4-3-17(15)26-16/h1-2,5-8,15,17H,3-4,9-10H2,(H2,21,23)/t15?,17?,19-/m1/s1. The van der Waals surface area contributed by atoms with E-state index in [2.05, 4.69) is 11.1 Å². The first-order chi connectivity index (χ1) is 12.7. The largest absolute Gasteiger partial charge is 0.489 e. The molecule has 2 N–H and O–H groups in total. The van der Waals surface area contributed by atoms with E-state index in [-0.39, 0.29) is 18.0 Å².